The zero-order valence-electron chi connectivity index (χ0n) is 19.6. The molecule has 1 aromatic carbocycles. The first-order valence-corrected chi connectivity index (χ1v) is 11.2. The van der Waals surface area contributed by atoms with Gasteiger partial charge in [-0.3, -0.25) is 14.1 Å². The number of aromatic nitrogens is 4. The molecule has 0 radical (unpaired) electrons. The van der Waals surface area contributed by atoms with Crippen LogP contribution in [-0.4, -0.2) is 57.9 Å². The van der Waals surface area contributed by atoms with Crippen molar-refractivity contribution in [2.24, 2.45) is 7.05 Å². The minimum atomic E-state index is -0.505. The molecule has 1 atom stereocenters. The maximum absolute atomic E-state index is 15.4. The van der Waals surface area contributed by atoms with E-state index in [1.165, 1.54) is 12.3 Å². The van der Waals surface area contributed by atoms with Gasteiger partial charge in [0.1, 0.15) is 18.2 Å². The van der Waals surface area contributed by atoms with E-state index in [-0.39, 0.29) is 23.9 Å². The number of hydrogen-bond acceptors (Lipinski definition) is 7. The first kappa shape index (κ1) is 22.1. The molecule has 0 saturated carbocycles. The predicted octanol–water partition coefficient (Wildman–Crippen LogP) is 2.96. The normalized spacial score (nSPS) is 15.3. The van der Waals surface area contributed by atoms with E-state index >= 15 is 4.39 Å². The van der Waals surface area contributed by atoms with Crippen LogP contribution in [0.2, 0.25) is 0 Å². The van der Waals surface area contributed by atoms with Gasteiger partial charge in [0.2, 0.25) is 5.88 Å². The third-order valence-electron chi connectivity index (χ3n) is 6.18. The maximum atomic E-state index is 15.4. The van der Waals surface area contributed by atoms with E-state index in [0.29, 0.717) is 51.4 Å². The summed E-state index contributed by atoms with van der Waals surface area (Å²) in [6.07, 6.45) is 3.95. The summed E-state index contributed by atoms with van der Waals surface area (Å²) in [4.78, 5) is 23.8. The van der Waals surface area contributed by atoms with Crippen LogP contribution in [-0.2, 0) is 7.05 Å². The Kier molecular flexibility index (Phi) is 5.40. The lowest BCUT2D eigenvalue weighted by molar-refractivity contribution is 0.267. The summed E-state index contributed by atoms with van der Waals surface area (Å²) in [6, 6.07) is 2.75. The molecule has 0 saturated heterocycles. The molecule has 2 N–H and O–H groups in total. The van der Waals surface area contributed by atoms with Crippen molar-refractivity contribution in [3.8, 4) is 22.8 Å². The summed E-state index contributed by atoms with van der Waals surface area (Å²) < 4.78 is 30.5. The van der Waals surface area contributed by atoms with Crippen LogP contribution in [0.3, 0.4) is 0 Å². The lowest BCUT2D eigenvalue weighted by atomic mass is 10.0. The fraction of sp³-hybridized carbons (Fsp3) is 0.375. The van der Waals surface area contributed by atoms with E-state index in [0.717, 1.165) is 13.0 Å². The smallest absolute Gasteiger partial charge is 0.329 e. The van der Waals surface area contributed by atoms with Crippen molar-refractivity contribution < 1.29 is 13.9 Å². The highest BCUT2D eigenvalue weighted by molar-refractivity contribution is 6.09. The second-order valence-electron chi connectivity index (χ2n) is 8.94. The third-order valence-corrected chi connectivity index (χ3v) is 6.18. The minimum absolute atomic E-state index is 0.166. The van der Waals surface area contributed by atoms with E-state index in [2.05, 4.69) is 14.9 Å². The molecule has 10 heteroatoms. The summed E-state index contributed by atoms with van der Waals surface area (Å²) in [6.45, 7) is 3.46. The number of anilines is 1. The maximum Gasteiger partial charge on any atom is 0.329 e. The SMILES string of the molecule is CC1COc2c(-c3cnc(OCCCN(C)C)c(N)c3)c(F)cc3ncc4c(c23)n1c(=O)n4C. The van der Waals surface area contributed by atoms with E-state index < -0.39 is 5.82 Å². The largest absolute Gasteiger partial charge is 0.490 e. The topological polar surface area (TPSA) is 100 Å². The third kappa shape index (κ3) is 3.45. The molecular weight excluding hydrogens is 439 g/mol. The van der Waals surface area contributed by atoms with Gasteiger partial charge in [-0.2, -0.15) is 0 Å². The van der Waals surface area contributed by atoms with Crippen LogP contribution in [0.1, 0.15) is 19.4 Å². The Hall–Kier alpha value is -3.66. The molecular formula is C24H27FN6O3. The lowest BCUT2D eigenvalue weighted by Gasteiger charge is -2.16. The van der Waals surface area contributed by atoms with E-state index in [1.807, 2.05) is 21.0 Å². The number of pyridine rings is 2. The summed E-state index contributed by atoms with van der Waals surface area (Å²) in [5.41, 5.74) is 8.81. The van der Waals surface area contributed by atoms with Crippen molar-refractivity contribution in [3.63, 3.8) is 0 Å². The fourth-order valence-corrected chi connectivity index (χ4v) is 4.49. The van der Waals surface area contributed by atoms with Crippen molar-refractivity contribution in [3.05, 3.63) is 40.8 Å². The first-order valence-electron chi connectivity index (χ1n) is 11.2. The number of imidazole rings is 1. The first-order chi connectivity index (χ1) is 16.3. The van der Waals surface area contributed by atoms with Crippen molar-refractivity contribution >= 4 is 27.6 Å². The number of rotatable bonds is 6. The number of ether oxygens (including phenoxy) is 2. The Morgan fingerprint density at radius 1 is 1.29 bits per heavy atom. The van der Waals surface area contributed by atoms with Crippen molar-refractivity contribution in [1.29, 1.82) is 0 Å². The second kappa shape index (κ2) is 8.28. The van der Waals surface area contributed by atoms with Crippen LogP contribution in [0, 0.1) is 5.82 Å². The molecule has 1 unspecified atom stereocenters. The van der Waals surface area contributed by atoms with Crippen molar-refractivity contribution in [2.45, 2.75) is 19.4 Å². The van der Waals surface area contributed by atoms with Gasteiger partial charge in [0, 0.05) is 31.4 Å². The Labute approximate surface area is 195 Å². The van der Waals surface area contributed by atoms with Gasteiger partial charge in [-0.05, 0) is 33.5 Å². The van der Waals surface area contributed by atoms with Crippen molar-refractivity contribution in [2.75, 3.05) is 39.6 Å². The average molecular weight is 467 g/mol. The van der Waals surface area contributed by atoms with Crippen molar-refractivity contribution in [1.82, 2.24) is 24.0 Å². The van der Waals surface area contributed by atoms with Gasteiger partial charge in [0.05, 0.1) is 52.0 Å². The number of halogens is 1. The number of nitrogens with zero attached hydrogens (tertiary/aromatic N) is 5. The Morgan fingerprint density at radius 2 is 2.09 bits per heavy atom. The molecule has 9 nitrogen and oxygen atoms in total. The highest BCUT2D eigenvalue weighted by Crippen LogP contribution is 2.44. The highest BCUT2D eigenvalue weighted by atomic mass is 19.1. The molecule has 5 rings (SSSR count). The molecule has 0 aliphatic carbocycles. The molecule has 3 aromatic heterocycles. The van der Waals surface area contributed by atoms with Gasteiger partial charge in [-0.25, -0.2) is 14.2 Å². The van der Waals surface area contributed by atoms with Gasteiger partial charge in [-0.15, -0.1) is 0 Å². The van der Waals surface area contributed by atoms with Gasteiger partial charge in [0.15, 0.2) is 0 Å². The Bertz CT molecular complexity index is 1480. The zero-order chi connectivity index (χ0) is 24.1. The Morgan fingerprint density at radius 3 is 2.82 bits per heavy atom. The van der Waals surface area contributed by atoms with E-state index in [1.54, 1.807) is 28.4 Å². The van der Waals surface area contributed by atoms with Gasteiger partial charge in [0.25, 0.3) is 0 Å². The number of hydrogen-bond donors (Lipinski definition) is 1. The molecule has 178 valence electrons. The summed E-state index contributed by atoms with van der Waals surface area (Å²) in [7, 11) is 5.69. The molecule has 0 spiro atoms. The van der Waals surface area contributed by atoms with Gasteiger partial charge in [-0.1, -0.05) is 0 Å². The lowest BCUT2D eigenvalue weighted by Crippen LogP contribution is -2.27. The number of nitrogen functional groups attached to an aromatic ring is 1. The summed E-state index contributed by atoms with van der Waals surface area (Å²) in [5.74, 6) is 0.136. The quantitative estimate of drug-likeness (QED) is 0.436. The van der Waals surface area contributed by atoms with Crippen LogP contribution in [0.25, 0.3) is 33.1 Å². The molecule has 0 bridgehead atoms. The molecule has 4 heterocycles. The summed E-state index contributed by atoms with van der Waals surface area (Å²) in [5, 5.41) is 0.596. The second-order valence-corrected chi connectivity index (χ2v) is 8.94. The van der Waals surface area contributed by atoms with Crippen LogP contribution in [0.5, 0.6) is 11.6 Å². The van der Waals surface area contributed by atoms with Gasteiger partial charge >= 0.3 is 5.69 Å². The van der Waals surface area contributed by atoms with E-state index in [9.17, 15) is 4.79 Å². The number of aryl methyl sites for hydroxylation is 1. The van der Waals surface area contributed by atoms with E-state index in [4.69, 9.17) is 15.2 Å². The highest BCUT2D eigenvalue weighted by Gasteiger charge is 2.28. The minimum Gasteiger partial charge on any atom is -0.490 e. The van der Waals surface area contributed by atoms with Crippen LogP contribution in [0.4, 0.5) is 10.1 Å². The molecule has 1 aliphatic heterocycles. The van der Waals surface area contributed by atoms with Crippen LogP contribution < -0.4 is 20.9 Å². The number of benzene rings is 1. The van der Waals surface area contributed by atoms with Crippen LogP contribution >= 0.6 is 0 Å². The summed E-state index contributed by atoms with van der Waals surface area (Å²) >= 11 is 0. The van der Waals surface area contributed by atoms with Gasteiger partial charge < -0.3 is 20.1 Å². The molecule has 4 aromatic rings. The zero-order valence-corrected chi connectivity index (χ0v) is 19.6. The molecule has 0 amide bonds. The molecule has 1 aliphatic rings. The molecule has 34 heavy (non-hydrogen) atoms. The molecule has 0 fully saturated rings. The average Bonchev–Trinajstić information content (AvgIpc) is 2.94. The predicted molar refractivity (Wildman–Crippen MR) is 129 cm³/mol. The fourth-order valence-electron chi connectivity index (χ4n) is 4.49. The Balaban J connectivity index is 1.65. The van der Waals surface area contributed by atoms with Crippen LogP contribution in [0.15, 0.2) is 29.3 Å². The number of nitrogens with two attached hydrogens (primary N) is 1. The standard InChI is InChI=1S/C24H27FN6O3/c1-13-12-34-22-19(14-8-16(26)23(28-10-14)33-7-5-6-29(2)3)15(25)9-17-20(22)21-18(11-27-17)30(4)24(32)31(13)21/h8-11,13H,5-7,12,26H2,1-4H3. The monoisotopic (exact) mass is 466 g/mol.